The number of phenols is 1. The van der Waals surface area contributed by atoms with E-state index in [1.807, 2.05) is 13.0 Å². The van der Waals surface area contributed by atoms with Crippen LogP contribution in [-0.2, 0) is 11.0 Å². The van der Waals surface area contributed by atoms with Gasteiger partial charge in [-0.05, 0) is 50.8 Å². The van der Waals surface area contributed by atoms with Crippen LogP contribution in [0.15, 0.2) is 30.3 Å². The second kappa shape index (κ2) is 5.02. The first-order valence-corrected chi connectivity index (χ1v) is 8.23. The quantitative estimate of drug-likeness (QED) is 0.775. The van der Waals surface area contributed by atoms with E-state index in [0.717, 1.165) is 28.9 Å². The van der Waals surface area contributed by atoms with E-state index < -0.39 is 5.60 Å². The summed E-state index contributed by atoms with van der Waals surface area (Å²) < 4.78 is 6.43. The summed E-state index contributed by atoms with van der Waals surface area (Å²) in [7, 11) is 0. The van der Waals surface area contributed by atoms with Gasteiger partial charge in [0.05, 0.1) is 0 Å². The normalized spacial score (nSPS) is 22.3. The number of fused-ring (bicyclic) bond motifs is 1. The Kier molecular flexibility index (Phi) is 3.47. The Morgan fingerprint density at radius 1 is 0.913 bits per heavy atom. The summed E-state index contributed by atoms with van der Waals surface area (Å²) in [6.45, 7) is 12.7. The van der Waals surface area contributed by atoms with Gasteiger partial charge in [-0.15, -0.1) is 0 Å². The maximum absolute atomic E-state index is 10.6. The Labute approximate surface area is 139 Å². The predicted octanol–water partition coefficient (Wildman–Crippen LogP) is 5.29. The summed E-state index contributed by atoms with van der Waals surface area (Å²) in [6.07, 6.45) is 0.826. The Morgan fingerprint density at radius 3 is 2.26 bits per heavy atom. The SMILES string of the molecule is Cc1ccc2c(c1)C(C)(C)CC(C)(c1cc(C)cc(C)c1O)O2. The molecule has 0 amide bonds. The van der Waals surface area contributed by atoms with Crippen molar-refractivity contribution in [1.82, 2.24) is 0 Å². The minimum atomic E-state index is -0.535. The molecule has 1 heterocycles. The standard InChI is InChI=1S/C21H26O2/c1-13-7-8-18-16(10-13)20(4,5)12-21(6,23-18)17-11-14(2)9-15(3)19(17)22/h7-11,22H,12H2,1-6H3. The smallest absolute Gasteiger partial charge is 0.136 e. The molecule has 2 nitrogen and oxygen atoms in total. The molecule has 0 spiro atoms. The zero-order valence-electron chi connectivity index (χ0n) is 14.9. The van der Waals surface area contributed by atoms with Gasteiger partial charge in [0.25, 0.3) is 0 Å². The van der Waals surface area contributed by atoms with Gasteiger partial charge < -0.3 is 9.84 Å². The molecule has 0 bridgehead atoms. The first-order valence-electron chi connectivity index (χ1n) is 8.23. The molecule has 0 fully saturated rings. The summed E-state index contributed by atoms with van der Waals surface area (Å²) in [5.74, 6) is 1.28. The van der Waals surface area contributed by atoms with Gasteiger partial charge in [-0.1, -0.05) is 43.2 Å². The first-order chi connectivity index (χ1) is 10.6. The largest absolute Gasteiger partial charge is 0.507 e. The molecule has 0 radical (unpaired) electrons. The van der Waals surface area contributed by atoms with E-state index in [2.05, 4.69) is 58.9 Å². The molecule has 1 unspecified atom stereocenters. The van der Waals surface area contributed by atoms with E-state index in [1.165, 1.54) is 11.1 Å². The van der Waals surface area contributed by atoms with E-state index >= 15 is 0 Å². The van der Waals surface area contributed by atoms with Crippen LogP contribution in [0.2, 0.25) is 0 Å². The van der Waals surface area contributed by atoms with Crippen molar-refractivity contribution in [3.63, 3.8) is 0 Å². The molecule has 1 aliphatic rings. The molecule has 1 N–H and O–H groups in total. The minimum Gasteiger partial charge on any atom is -0.507 e. The third-order valence-electron chi connectivity index (χ3n) is 4.99. The van der Waals surface area contributed by atoms with Gasteiger partial charge in [0.2, 0.25) is 0 Å². The van der Waals surface area contributed by atoms with Crippen molar-refractivity contribution in [1.29, 1.82) is 0 Å². The molecule has 0 aliphatic carbocycles. The maximum Gasteiger partial charge on any atom is 0.136 e. The first kappa shape index (κ1) is 15.9. The summed E-state index contributed by atoms with van der Waals surface area (Å²) >= 11 is 0. The maximum atomic E-state index is 10.6. The van der Waals surface area contributed by atoms with E-state index in [-0.39, 0.29) is 5.41 Å². The van der Waals surface area contributed by atoms with Crippen LogP contribution in [0, 0.1) is 20.8 Å². The molecule has 2 aromatic carbocycles. The zero-order chi connectivity index (χ0) is 17.0. The molecule has 122 valence electrons. The second-order valence-corrected chi connectivity index (χ2v) is 7.87. The average molecular weight is 310 g/mol. The van der Waals surface area contributed by atoms with E-state index in [9.17, 15) is 5.11 Å². The molecule has 23 heavy (non-hydrogen) atoms. The highest BCUT2D eigenvalue weighted by atomic mass is 16.5. The highest BCUT2D eigenvalue weighted by molar-refractivity contribution is 5.50. The number of hydrogen-bond acceptors (Lipinski definition) is 2. The molecule has 3 rings (SSSR count). The van der Waals surface area contributed by atoms with Crippen molar-refractivity contribution in [3.05, 3.63) is 58.1 Å². The molecule has 1 aliphatic heterocycles. The Balaban J connectivity index is 2.17. The van der Waals surface area contributed by atoms with Crippen molar-refractivity contribution in [2.45, 2.75) is 59.0 Å². The Bertz CT molecular complexity index is 774. The van der Waals surface area contributed by atoms with Crippen molar-refractivity contribution >= 4 is 0 Å². The zero-order valence-corrected chi connectivity index (χ0v) is 14.9. The van der Waals surface area contributed by atoms with Gasteiger partial charge in [0.1, 0.15) is 17.1 Å². The third kappa shape index (κ3) is 2.60. The molecule has 2 aromatic rings. The number of ether oxygens (including phenoxy) is 1. The van der Waals surface area contributed by atoms with Crippen LogP contribution in [0.1, 0.15) is 55.0 Å². The van der Waals surface area contributed by atoms with E-state index in [0.29, 0.717) is 5.75 Å². The molecule has 0 saturated carbocycles. The second-order valence-electron chi connectivity index (χ2n) is 7.87. The Morgan fingerprint density at radius 2 is 1.57 bits per heavy atom. The highest BCUT2D eigenvalue weighted by Crippen LogP contribution is 2.50. The van der Waals surface area contributed by atoms with Crippen LogP contribution < -0.4 is 4.74 Å². The van der Waals surface area contributed by atoms with Crippen molar-refractivity contribution < 1.29 is 9.84 Å². The van der Waals surface area contributed by atoms with E-state index in [1.54, 1.807) is 0 Å². The van der Waals surface area contributed by atoms with Crippen LogP contribution >= 0.6 is 0 Å². The number of aromatic hydroxyl groups is 1. The number of hydrogen-bond donors (Lipinski definition) is 1. The van der Waals surface area contributed by atoms with Crippen LogP contribution in [0.3, 0.4) is 0 Å². The minimum absolute atomic E-state index is 0.0154. The lowest BCUT2D eigenvalue weighted by Crippen LogP contribution is -2.41. The van der Waals surface area contributed by atoms with Gasteiger partial charge in [0.15, 0.2) is 0 Å². The average Bonchev–Trinajstić information content (AvgIpc) is 2.43. The fourth-order valence-electron chi connectivity index (χ4n) is 3.99. The monoisotopic (exact) mass is 310 g/mol. The van der Waals surface area contributed by atoms with Gasteiger partial charge in [-0.25, -0.2) is 0 Å². The van der Waals surface area contributed by atoms with E-state index in [4.69, 9.17) is 4.74 Å². The lowest BCUT2D eigenvalue weighted by Gasteiger charge is -2.45. The molecular formula is C21H26O2. The summed E-state index contributed by atoms with van der Waals surface area (Å²) in [5, 5.41) is 10.6. The molecule has 2 heteroatoms. The number of benzene rings is 2. The topological polar surface area (TPSA) is 29.5 Å². The fraction of sp³-hybridized carbons (Fsp3) is 0.429. The number of phenolic OH excluding ortho intramolecular Hbond substituents is 1. The Hall–Kier alpha value is -1.96. The van der Waals surface area contributed by atoms with Gasteiger partial charge in [-0.3, -0.25) is 0 Å². The fourth-order valence-corrected chi connectivity index (χ4v) is 3.99. The van der Waals surface area contributed by atoms with Crippen LogP contribution in [-0.4, -0.2) is 5.11 Å². The summed E-state index contributed by atoms with van der Waals surface area (Å²) in [4.78, 5) is 0. The molecule has 0 aromatic heterocycles. The van der Waals surface area contributed by atoms with Crippen molar-refractivity contribution in [2.75, 3.05) is 0 Å². The summed E-state index contributed by atoms with van der Waals surface area (Å²) in [5.41, 5.74) is 4.88. The van der Waals surface area contributed by atoms with Gasteiger partial charge in [0, 0.05) is 17.5 Å². The van der Waals surface area contributed by atoms with Crippen molar-refractivity contribution in [2.24, 2.45) is 0 Å². The molecule has 1 atom stereocenters. The predicted molar refractivity (Wildman–Crippen MR) is 94.4 cm³/mol. The van der Waals surface area contributed by atoms with Crippen LogP contribution in [0.25, 0.3) is 0 Å². The van der Waals surface area contributed by atoms with Crippen LogP contribution in [0.5, 0.6) is 11.5 Å². The molecular weight excluding hydrogens is 284 g/mol. The van der Waals surface area contributed by atoms with Gasteiger partial charge in [-0.2, -0.15) is 0 Å². The summed E-state index contributed by atoms with van der Waals surface area (Å²) in [6, 6.07) is 10.4. The number of rotatable bonds is 1. The molecule has 0 saturated heterocycles. The van der Waals surface area contributed by atoms with Crippen molar-refractivity contribution in [3.8, 4) is 11.5 Å². The van der Waals surface area contributed by atoms with Crippen LogP contribution in [0.4, 0.5) is 0 Å². The third-order valence-corrected chi connectivity index (χ3v) is 4.99. The lowest BCUT2D eigenvalue weighted by molar-refractivity contribution is 0.0303. The number of aryl methyl sites for hydroxylation is 3. The van der Waals surface area contributed by atoms with Gasteiger partial charge >= 0.3 is 0 Å². The lowest BCUT2D eigenvalue weighted by atomic mass is 9.70. The highest BCUT2D eigenvalue weighted by Gasteiger charge is 2.44.